The Balaban J connectivity index is 4.03. The van der Waals surface area contributed by atoms with Gasteiger partial charge in [0, 0.05) is 0 Å². The number of esters is 1. The van der Waals surface area contributed by atoms with E-state index in [2.05, 4.69) is 9.99 Å². The highest BCUT2D eigenvalue weighted by Crippen LogP contribution is 1.90. The normalized spacial score (nSPS) is 11.0. The molecular formula is C7H13NO3. The van der Waals surface area contributed by atoms with Crippen molar-refractivity contribution in [3.05, 3.63) is 0 Å². The van der Waals surface area contributed by atoms with Crippen LogP contribution in [-0.4, -0.2) is 25.4 Å². The number of ether oxygens (including phenoxy) is 1. The van der Waals surface area contributed by atoms with E-state index in [1.807, 2.05) is 6.92 Å². The van der Waals surface area contributed by atoms with Gasteiger partial charge < -0.3 is 9.57 Å². The summed E-state index contributed by atoms with van der Waals surface area (Å²) in [7, 11) is 1.40. The van der Waals surface area contributed by atoms with Crippen molar-refractivity contribution in [2.75, 3.05) is 13.7 Å². The summed E-state index contributed by atoms with van der Waals surface area (Å²) < 4.78 is 4.70. The summed E-state index contributed by atoms with van der Waals surface area (Å²) in [6.07, 6.45) is 0.521. The fourth-order valence-electron chi connectivity index (χ4n) is 0.571. The van der Waals surface area contributed by atoms with Gasteiger partial charge in [-0.1, -0.05) is 12.1 Å². The van der Waals surface area contributed by atoms with Crippen LogP contribution >= 0.6 is 0 Å². The zero-order chi connectivity index (χ0) is 8.69. The maximum Gasteiger partial charge on any atom is 0.356 e. The van der Waals surface area contributed by atoms with E-state index < -0.39 is 5.97 Å². The fraction of sp³-hybridized carbons (Fsp3) is 0.714. The van der Waals surface area contributed by atoms with Gasteiger partial charge in [-0.3, -0.25) is 0 Å². The summed E-state index contributed by atoms with van der Waals surface area (Å²) in [6.45, 7) is 3.92. The summed E-state index contributed by atoms with van der Waals surface area (Å²) >= 11 is 0. The number of hydrogen-bond acceptors (Lipinski definition) is 4. The summed E-state index contributed by atoms with van der Waals surface area (Å²) in [4.78, 5) is 15.4. The first kappa shape index (κ1) is 9.94. The zero-order valence-corrected chi connectivity index (χ0v) is 7.09. The summed E-state index contributed by atoms with van der Waals surface area (Å²) in [5, 5.41) is 3.50. The van der Waals surface area contributed by atoms with E-state index in [0.29, 0.717) is 18.7 Å². The van der Waals surface area contributed by atoms with Gasteiger partial charge in [0.25, 0.3) is 0 Å². The van der Waals surface area contributed by atoms with E-state index in [4.69, 9.17) is 4.74 Å². The van der Waals surface area contributed by atoms with Gasteiger partial charge in [-0.05, 0) is 13.3 Å². The first-order valence-corrected chi connectivity index (χ1v) is 3.53. The number of carbonyl (C=O) groups excluding carboxylic acids is 1. The van der Waals surface area contributed by atoms with Crippen LogP contribution in [0, 0.1) is 0 Å². The van der Waals surface area contributed by atoms with Gasteiger partial charge in [0.2, 0.25) is 0 Å². The van der Waals surface area contributed by atoms with E-state index in [1.54, 1.807) is 6.92 Å². The Kier molecular flexibility index (Phi) is 5.15. The molecule has 0 aromatic rings. The highest BCUT2D eigenvalue weighted by molar-refractivity contribution is 6.36. The van der Waals surface area contributed by atoms with Crippen LogP contribution in [-0.2, 0) is 14.4 Å². The Morgan fingerprint density at radius 2 is 2.09 bits per heavy atom. The molecular weight excluding hydrogens is 146 g/mol. The van der Waals surface area contributed by atoms with Crippen molar-refractivity contribution >= 4 is 11.7 Å². The molecule has 0 aromatic carbocycles. The van der Waals surface area contributed by atoms with Gasteiger partial charge in [-0.15, -0.1) is 0 Å². The van der Waals surface area contributed by atoms with Crippen LogP contribution in [0.2, 0.25) is 0 Å². The van der Waals surface area contributed by atoms with E-state index in [1.165, 1.54) is 7.11 Å². The molecule has 0 radical (unpaired) electrons. The van der Waals surface area contributed by atoms with E-state index in [9.17, 15) is 4.79 Å². The molecule has 0 rings (SSSR count). The van der Waals surface area contributed by atoms with Crippen molar-refractivity contribution in [2.24, 2.45) is 5.16 Å². The Morgan fingerprint density at radius 1 is 1.45 bits per heavy atom. The van der Waals surface area contributed by atoms with Crippen molar-refractivity contribution in [3.63, 3.8) is 0 Å². The second-order valence-electron chi connectivity index (χ2n) is 1.79. The Bertz CT molecular complexity index is 154. The zero-order valence-electron chi connectivity index (χ0n) is 7.09. The van der Waals surface area contributed by atoms with Crippen LogP contribution in [0.25, 0.3) is 0 Å². The van der Waals surface area contributed by atoms with E-state index >= 15 is 0 Å². The first-order chi connectivity index (χ1) is 5.26. The lowest BCUT2D eigenvalue weighted by Crippen LogP contribution is -2.16. The number of nitrogens with zero attached hydrogens (tertiary/aromatic N) is 1. The first-order valence-electron chi connectivity index (χ1n) is 3.53. The molecule has 4 heteroatoms. The van der Waals surface area contributed by atoms with Crippen LogP contribution in [0.3, 0.4) is 0 Å². The minimum Gasteiger partial charge on any atom is -0.461 e. The third kappa shape index (κ3) is 3.60. The largest absolute Gasteiger partial charge is 0.461 e. The number of rotatable bonds is 4. The van der Waals surface area contributed by atoms with Crippen molar-refractivity contribution in [3.8, 4) is 0 Å². The molecule has 0 spiro atoms. The van der Waals surface area contributed by atoms with E-state index in [-0.39, 0.29) is 0 Å². The lowest BCUT2D eigenvalue weighted by Gasteiger charge is -2.00. The van der Waals surface area contributed by atoms with Gasteiger partial charge in [0.15, 0.2) is 5.71 Å². The molecule has 0 heterocycles. The molecule has 0 fully saturated rings. The van der Waals surface area contributed by atoms with Crippen molar-refractivity contribution < 1.29 is 14.4 Å². The average Bonchev–Trinajstić information content (AvgIpc) is 2.00. The molecule has 0 aliphatic heterocycles. The predicted octanol–water partition coefficient (Wildman–Crippen LogP) is 0.962. The molecule has 0 N–H and O–H groups in total. The summed E-state index contributed by atoms with van der Waals surface area (Å²) in [5.41, 5.74) is 0.314. The third-order valence-electron chi connectivity index (χ3n) is 1.05. The smallest absolute Gasteiger partial charge is 0.356 e. The van der Waals surface area contributed by atoms with Crippen molar-refractivity contribution in [1.29, 1.82) is 0 Å². The minimum absolute atomic E-state index is 0.314. The number of carbonyl (C=O) groups is 1. The Hall–Kier alpha value is -1.06. The second-order valence-corrected chi connectivity index (χ2v) is 1.79. The molecule has 0 bridgehead atoms. The SMILES string of the molecule is CCOC(=O)/C(CC)=N\OC. The fourth-order valence-corrected chi connectivity index (χ4v) is 0.571. The number of oxime groups is 1. The molecule has 0 aliphatic carbocycles. The Labute approximate surface area is 66.2 Å². The molecule has 11 heavy (non-hydrogen) atoms. The number of hydrogen-bond donors (Lipinski definition) is 0. The van der Waals surface area contributed by atoms with Crippen LogP contribution in [0.1, 0.15) is 20.3 Å². The molecule has 0 amide bonds. The molecule has 0 aliphatic rings. The average molecular weight is 159 g/mol. The third-order valence-corrected chi connectivity index (χ3v) is 1.05. The van der Waals surface area contributed by atoms with Crippen LogP contribution in [0.15, 0.2) is 5.16 Å². The minimum atomic E-state index is -0.406. The molecule has 0 saturated heterocycles. The molecule has 0 aromatic heterocycles. The van der Waals surface area contributed by atoms with Gasteiger partial charge >= 0.3 is 5.97 Å². The summed E-state index contributed by atoms with van der Waals surface area (Å²) in [5.74, 6) is -0.406. The van der Waals surface area contributed by atoms with Gasteiger partial charge in [0.1, 0.15) is 7.11 Å². The van der Waals surface area contributed by atoms with Gasteiger partial charge in [-0.2, -0.15) is 0 Å². The maximum absolute atomic E-state index is 10.9. The lowest BCUT2D eigenvalue weighted by atomic mass is 10.3. The summed E-state index contributed by atoms with van der Waals surface area (Å²) in [6, 6.07) is 0. The lowest BCUT2D eigenvalue weighted by molar-refractivity contribution is -0.135. The molecule has 0 saturated carbocycles. The van der Waals surface area contributed by atoms with Crippen LogP contribution < -0.4 is 0 Å². The standard InChI is InChI=1S/C7H13NO3/c1-4-6(8-10-3)7(9)11-5-2/h4-5H2,1-3H3/b8-6-. The quantitative estimate of drug-likeness (QED) is 0.349. The monoisotopic (exact) mass is 159 g/mol. The Morgan fingerprint density at radius 3 is 2.45 bits per heavy atom. The maximum atomic E-state index is 10.9. The highest BCUT2D eigenvalue weighted by Gasteiger charge is 2.09. The molecule has 0 atom stereocenters. The molecule has 0 unspecified atom stereocenters. The van der Waals surface area contributed by atoms with Crippen molar-refractivity contribution in [2.45, 2.75) is 20.3 Å². The topological polar surface area (TPSA) is 47.9 Å². The van der Waals surface area contributed by atoms with E-state index in [0.717, 1.165) is 0 Å². The predicted molar refractivity (Wildman–Crippen MR) is 41.4 cm³/mol. The van der Waals surface area contributed by atoms with Gasteiger partial charge in [0.05, 0.1) is 6.61 Å². The van der Waals surface area contributed by atoms with Crippen molar-refractivity contribution in [1.82, 2.24) is 0 Å². The van der Waals surface area contributed by atoms with Gasteiger partial charge in [-0.25, -0.2) is 4.79 Å². The second kappa shape index (κ2) is 5.70. The highest BCUT2D eigenvalue weighted by atomic mass is 16.6. The molecule has 64 valence electrons. The molecule has 4 nitrogen and oxygen atoms in total. The van der Waals surface area contributed by atoms with Crippen LogP contribution in [0.5, 0.6) is 0 Å². The van der Waals surface area contributed by atoms with Crippen LogP contribution in [0.4, 0.5) is 0 Å².